The van der Waals surface area contributed by atoms with Crippen LogP contribution in [-0.2, 0) is 32.6 Å². The van der Waals surface area contributed by atoms with Gasteiger partial charge < -0.3 is 10.2 Å². The van der Waals surface area contributed by atoms with Crippen LogP contribution < -0.4 is 9.62 Å². The van der Waals surface area contributed by atoms with Gasteiger partial charge in [0.15, 0.2) is 0 Å². The zero-order chi connectivity index (χ0) is 30.0. The van der Waals surface area contributed by atoms with Gasteiger partial charge in [-0.15, -0.1) is 0 Å². The molecule has 0 bridgehead atoms. The van der Waals surface area contributed by atoms with Crippen molar-refractivity contribution in [2.75, 3.05) is 17.1 Å². The van der Waals surface area contributed by atoms with Gasteiger partial charge in [0.1, 0.15) is 11.9 Å². The lowest BCUT2D eigenvalue weighted by Crippen LogP contribution is -2.52. The molecule has 3 rings (SSSR count). The quantitative estimate of drug-likeness (QED) is 0.244. The van der Waals surface area contributed by atoms with Crippen LogP contribution in [0, 0.1) is 5.82 Å². The Morgan fingerprint density at radius 2 is 1.59 bits per heavy atom. The fourth-order valence-corrected chi connectivity index (χ4v) is 5.62. The summed E-state index contributed by atoms with van der Waals surface area (Å²) in [6.07, 6.45) is 2.38. The summed E-state index contributed by atoms with van der Waals surface area (Å²) in [5.74, 6) is -0.973. The minimum Gasteiger partial charge on any atom is -0.352 e. The molecule has 2 amide bonds. The van der Waals surface area contributed by atoms with Gasteiger partial charge >= 0.3 is 0 Å². The van der Waals surface area contributed by atoms with Crippen molar-refractivity contribution in [3.8, 4) is 0 Å². The number of carbonyl (C=O) groups excluding carboxylic acids is 2. The van der Waals surface area contributed by atoms with Crippen molar-refractivity contribution >= 4 is 43.5 Å². The molecule has 7 nitrogen and oxygen atoms in total. The standard InChI is InChI=1S/C31H37BrFN3O4S/c1-4-23(2)34-31(38)29(21-24-9-6-5-7-10-24)35(22-25-12-14-26(32)15-13-25)30(37)11-8-20-36(41(3,39)40)28-18-16-27(33)17-19-28/h5-7,9-10,12-19,23,29H,4,8,11,20-22H2,1-3H3,(H,34,38)/t23-,29+/m0/s1. The van der Waals surface area contributed by atoms with Crippen LogP contribution >= 0.6 is 15.9 Å². The minimum absolute atomic E-state index is 0.0195. The first-order valence-electron chi connectivity index (χ1n) is 13.6. The van der Waals surface area contributed by atoms with E-state index in [0.29, 0.717) is 12.1 Å². The lowest BCUT2D eigenvalue weighted by molar-refractivity contribution is -0.141. The molecule has 3 aromatic rings. The van der Waals surface area contributed by atoms with Crippen molar-refractivity contribution < 1.29 is 22.4 Å². The molecule has 41 heavy (non-hydrogen) atoms. The second-order valence-corrected chi connectivity index (χ2v) is 12.9. The van der Waals surface area contributed by atoms with Crippen LogP contribution in [-0.4, -0.2) is 50.0 Å². The number of nitrogens with zero attached hydrogens (tertiary/aromatic N) is 2. The van der Waals surface area contributed by atoms with Gasteiger partial charge in [-0.25, -0.2) is 12.8 Å². The Morgan fingerprint density at radius 3 is 2.17 bits per heavy atom. The van der Waals surface area contributed by atoms with Gasteiger partial charge in [0.25, 0.3) is 0 Å². The monoisotopic (exact) mass is 645 g/mol. The highest BCUT2D eigenvalue weighted by Crippen LogP contribution is 2.21. The van der Waals surface area contributed by atoms with E-state index in [-0.39, 0.29) is 43.8 Å². The number of halogens is 2. The molecular weight excluding hydrogens is 609 g/mol. The fourth-order valence-electron chi connectivity index (χ4n) is 4.39. The first-order chi connectivity index (χ1) is 19.5. The molecule has 1 N–H and O–H groups in total. The van der Waals surface area contributed by atoms with Gasteiger partial charge in [-0.05, 0) is 67.3 Å². The normalized spacial score (nSPS) is 12.8. The molecule has 220 valence electrons. The third kappa shape index (κ3) is 9.97. The van der Waals surface area contributed by atoms with Crippen LogP contribution in [0.15, 0.2) is 83.3 Å². The molecule has 10 heteroatoms. The number of carbonyl (C=O) groups is 2. The number of benzene rings is 3. The number of nitrogens with one attached hydrogen (secondary N) is 1. The predicted octanol–water partition coefficient (Wildman–Crippen LogP) is 5.69. The molecular formula is C31H37BrFN3O4S. The van der Waals surface area contributed by atoms with Crippen LogP contribution in [0.3, 0.4) is 0 Å². The molecule has 0 saturated carbocycles. The summed E-state index contributed by atoms with van der Waals surface area (Å²) in [6.45, 7) is 4.15. The van der Waals surface area contributed by atoms with Crippen molar-refractivity contribution in [2.24, 2.45) is 0 Å². The molecule has 0 aromatic heterocycles. The molecule has 0 saturated heterocycles. The third-order valence-electron chi connectivity index (χ3n) is 6.81. The molecule has 0 unspecified atom stereocenters. The van der Waals surface area contributed by atoms with Gasteiger partial charge in [0.2, 0.25) is 21.8 Å². The Labute approximate surface area is 250 Å². The van der Waals surface area contributed by atoms with E-state index in [9.17, 15) is 22.4 Å². The number of rotatable bonds is 14. The molecule has 2 atom stereocenters. The molecule has 0 spiro atoms. The van der Waals surface area contributed by atoms with E-state index in [2.05, 4.69) is 21.2 Å². The van der Waals surface area contributed by atoms with Gasteiger partial charge in [-0.1, -0.05) is 65.3 Å². The molecule has 0 fully saturated rings. The smallest absolute Gasteiger partial charge is 0.243 e. The lowest BCUT2D eigenvalue weighted by Gasteiger charge is -2.32. The van der Waals surface area contributed by atoms with Crippen LogP contribution in [0.25, 0.3) is 0 Å². The summed E-state index contributed by atoms with van der Waals surface area (Å²) in [5.41, 5.74) is 2.10. The van der Waals surface area contributed by atoms with Crippen LogP contribution in [0.1, 0.15) is 44.2 Å². The Bertz CT molecular complexity index is 1390. The predicted molar refractivity (Wildman–Crippen MR) is 164 cm³/mol. The topological polar surface area (TPSA) is 86.8 Å². The Kier molecular flexibility index (Phi) is 11.9. The average molecular weight is 647 g/mol. The van der Waals surface area contributed by atoms with E-state index < -0.39 is 21.9 Å². The number of hydrogen-bond donors (Lipinski definition) is 1. The SMILES string of the molecule is CC[C@H](C)NC(=O)[C@@H](Cc1ccccc1)N(Cc1ccc(Br)cc1)C(=O)CCCN(c1ccc(F)cc1)S(C)(=O)=O. The number of sulfonamides is 1. The first kappa shape index (κ1) is 32.3. The highest BCUT2D eigenvalue weighted by atomic mass is 79.9. The molecule has 0 aliphatic heterocycles. The average Bonchev–Trinajstić information content (AvgIpc) is 2.94. The maximum absolute atomic E-state index is 13.8. The Balaban J connectivity index is 1.88. The number of hydrogen-bond acceptors (Lipinski definition) is 4. The summed E-state index contributed by atoms with van der Waals surface area (Å²) in [5, 5.41) is 3.04. The molecule has 3 aromatic carbocycles. The maximum Gasteiger partial charge on any atom is 0.243 e. The second-order valence-electron chi connectivity index (χ2n) is 10.1. The third-order valence-corrected chi connectivity index (χ3v) is 8.53. The summed E-state index contributed by atoms with van der Waals surface area (Å²) >= 11 is 3.44. The van der Waals surface area contributed by atoms with E-state index in [0.717, 1.165) is 32.6 Å². The number of amides is 2. The van der Waals surface area contributed by atoms with E-state index in [1.165, 1.54) is 24.3 Å². The zero-order valence-corrected chi connectivity index (χ0v) is 26.0. The maximum atomic E-state index is 13.8. The van der Waals surface area contributed by atoms with Gasteiger partial charge in [-0.3, -0.25) is 13.9 Å². The summed E-state index contributed by atoms with van der Waals surface area (Å²) in [7, 11) is -3.67. The van der Waals surface area contributed by atoms with E-state index in [1.807, 2.05) is 68.4 Å². The highest BCUT2D eigenvalue weighted by Gasteiger charge is 2.31. The van der Waals surface area contributed by atoms with Crippen molar-refractivity contribution in [2.45, 2.75) is 58.2 Å². The summed E-state index contributed by atoms with van der Waals surface area (Å²) < 4.78 is 40.5. The molecule has 0 aliphatic carbocycles. The van der Waals surface area contributed by atoms with Crippen LogP contribution in [0.2, 0.25) is 0 Å². The van der Waals surface area contributed by atoms with Crippen molar-refractivity contribution in [1.29, 1.82) is 0 Å². The lowest BCUT2D eigenvalue weighted by atomic mass is 10.0. The van der Waals surface area contributed by atoms with Gasteiger partial charge in [-0.2, -0.15) is 0 Å². The van der Waals surface area contributed by atoms with Gasteiger partial charge in [0, 0.05) is 36.4 Å². The number of anilines is 1. The zero-order valence-electron chi connectivity index (χ0n) is 23.6. The minimum atomic E-state index is -3.67. The van der Waals surface area contributed by atoms with Crippen LogP contribution in [0.4, 0.5) is 10.1 Å². The van der Waals surface area contributed by atoms with Crippen molar-refractivity contribution in [1.82, 2.24) is 10.2 Å². The largest absolute Gasteiger partial charge is 0.352 e. The van der Waals surface area contributed by atoms with Crippen LogP contribution in [0.5, 0.6) is 0 Å². The summed E-state index contributed by atoms with van der Waals surface area (Å²) in [6, 6.07) is 21.5. The highest BCUT2D eigenvalue weighted by molar-refractivity contribution is 9.10. The van der Waals surface area contributed by atoms with E-state index in [1.54, 1.807) is 4.90 Å². The molecule has 0 heterocycles. The molecule has 0 radical (unpaired) electrons. The van der Waals surface area contributed by atoms with E-state index in [4.69, 9.17) is 0 Å². The molecule has 0 aliphatic rings. The second kappa shape index (κ2) is 15.1. The first-order valence-corrected chi connectivity index (χ1v) is 16.2. The Morgan fingerprint density at radius 1 is 0.951 bits per heavy atom. The van der Waals surface area contributed by atoms with Gasteiger partial charge in [0.05, 0.1) is 11.9 Å². The fraction of sp³-hybridized carbons (Fsp3) is 0.355. The summed E-state index contributed by atoms with van der Waals surface area (Å²) in [4.78, 5) is 29.0. The van der Waals surface area contributed by atoms with E-state index >= 15 is 0 Å². The Hall–Kier alpha value is -3.24. The van der Waals surface area contributed by atoms with Crippen molar-refractivity contribution in [3.05, 3.63) is 100 Å². The van der Waals surface area contributed by atoms with Crippen molar-refractivity contribution in [3.63, 3.8) is 0 Å².